The van der Waals surface area contributed by atoms with Crippen molar-refractivity contribution in [3.8, 4) is 17.4 Å². The molecule has 21 heavy (non-hydrogen) atoms. The van der Waals surface area contributed by atoms with Crippen LogP contribution in [-0.2, 0) is 6.61 Å². The Morgan fingerprint density at radius 2 is 2.10 bits per heavy atom. The molecule has 0 aliphatic rings. The number of ether oxygens (including phenoxy) is 1. The van der Waals surface area contributed by atoms with E-state index in [-0.39, 0.29) is 0 Å². The molecule has 0 fully saturated rings. The third-order valence-corrected chi connectivity index (χ3v) is 4.00. The molecule has 3 rings (SSSR count). The van der Waals surface area contributed by atoms with E-state index < -0.39 is 0 Å². The first-order valence-corrected chi connectivity index (χ1v) is 7.80. The number of aryl methyl sites for hydroxylation is 1. The molecule has 0 spiro atoms. The Morgan fingerprint density at radius 3 is 2.81 bits per heavy atom. The number of benzene rings is 1. The molecular formula is C15H11Br2NO3. The van der Waals surface area contributed by atoms with Crippen LogP contribution in [-0.4, -0.2) is 4.98 Å². The number of furan rings is 1. The number of oxazole rings is 1. The highest BCUT2D eigenvalue weighted by molar-refractivity contribution is 9.11. The van der Waals surface area contributed by atoms with E-state index in [1.807, 2.05) is 25.1 Å². The average molecular weight is 413 g/mol. The summed E-state index contributed by atoms with van der Waals surface area (Å²) in [6.45, 7) is 2.19. The number of aromatic nitrogens is 1. The average Bonchev–Trinajstić information content (AvgIpc) is 3.07. The summed E-state index contributed by atoms with van der Waals surface area (Å²) in [5.74, 6) is 2.54. The fraction of sp³-hybridized carbons (Fsp3) is 0.133. The van der Waals surface area contributed by atoms with E-state index in [4.69, 9.17) is 13.6 Å². The maximum Gasteiger partial charge on any atom is 0.263 e. The number of nitrogens with zero attached hydrogens (tertiary/aromatic N) is 1. The molecule has 4 nitrogen and oxygen atoms in total. The van der Waals surface area contributed by atoms with Crippen molar-refractivity contribution in [2.75, 3.05) is 0 Å². The summed E-state index contributed by atoms with van der Waals surface area (Å²) >= 11 is 6.87. The van der Waals surface area contributed by atoms with Gasteiger partial charge in [-0.05, 0) is 53.2 Å². The van der Waals surface area contributed by atoms with Crippen molar-refractivity contribution < 1.29 is 13.6 Å². The normalized spacial score (nSPS) is 10.8. The summed E-state index contributed by atoms with van der Waals surface area (Å²) in [7, 11) is 0. The lowest BCUT2D eigenvalue weighted by molar-refractivity contribution is 0.297. The molecule has 108 valence electrons. The van der Waals surface area contributed by atoms with Crippen LogP contribution in [0.4, 0.5) is 0 Å². The van der Waals surface area contributed by atoms with Gasteiger partial charge in [-0.1, -0.05) is 15.9 Å². The van der Waals surface area contributed by atoms with Crippen LogP contribution >= 0.6 is 31.9 Å². The van der Waals surface area contributed by atoms with Gasteiger partial charge in [-0.15, -0.1) is 0 Å². The molecular weight excluding hydrogens is 402 g/mol. The van der Waals surface area contributed by atoms with E-state index in [1.54, 1.807) is 18.4 Å². The number of hydrogen-bond donors (Lipinski definition) is 0. The fourth-order valence-corrected chi connectivity index (χ4v) is 2.97. The highest BCUT2D eigenvalue weighted by Crippen LogP contribution is 2.29. The molecule has 0 saturated heterocycles. The first-order valence-electron chi connectivity index (χ1n) is 6.21. The van der Waals surface area contributed by atoms with Gasteiger partial charge in [-0.2, -0.15) is 0 Å². The first kappa shape index (κ1) is 14.4. The predicted molar refractivity (Wildman–Crippen MR) is 85.1 cm³/mol. The molecule has 0 unspecified atom stereocenters. The molecule has 2 aromatic heterocycles. The second-order valence-corrected chi connectivity index (χ2v) is 6.13. The molecule has 0 atom stereocenters. The van der Waals surface area contributed by atoms with Crippen LogP contribution in [0, 0.1) is 6.92 Å². The molecule has 1 aromatic carbocycles. The molecule has 0 aliphatic heterocycles. The van der Waals surface area contributed by atoms with Gasteiger partial charge in [0, 0.05) is 4.47 Å². The highest BCUT2D eigenvalue weighted by Gasteiger charge is 2.14. The lowest BCUT2D eigenvalue weighted by atomic mass is 10.3. The summed E-state index contributed by atoms with van der Waals surface area (Å²) in [6, 6.07) is 9.34. The van der Waals surface area contributed by atoms with Gasteiger partial charge >= 0.3 is 0 Å². The quantitative estimate of drug-likeness (QED) is 0.579. The molecule has 0 amide bonds. The Bertz CT molecular complexity index is 750. The van der Waals surface area contributed by atoms with Crippen LogP contribution in [0.2, 0.25) is 0 Å². The van der Waals surface area contributed by atoms with Gasteiger partial charge in [-0.25, -0.2) is 4.98 Å². The van der Waals surface area contributed by atoms with Crippen LogP contribution in [0.3, 0.4) is 0 Å². The van der Waals surface area contributed by atoms with Crippen molar-refractivity contribution in [1.29, 1.82) is 0 Å². The number of hydrogen-bond acceptors (Lipinski definition) is 4. The second-order valence-electron chi connectivity index (χ2n) is 4.36. The third-order valence-electron chi connectivity index (χ3n) is 2.88. The second kappa shape index (κ2) is 6.07. The van der Waals surface area contributed by atoms with Crippen LogP contribution in [0.5, 0.6) is 5.75 Å². The van der Waals surface area contributed by atoms with Crippen molar-refractivity contribution >= 4 is 31.9 Å². The Kier molecular flexibility index (Phi) is 4.17. The van der Waals surface area contributed by atoms with Crippen LogP contribution < -0.4 is 4.74 Å². The van der Waals surface area contributed by atoms with Gasteiger partial charge in [-0.3, -0.25) is 0 Å². The molecule has 0 aliphatic carbocycles. The largest absolute Gasteiger partial charge is 0.486 e. The Balaban J connectivity index is 1.76. The minimum absolute atomic E-state index is 0.330. The zero-order chi connectivity index (χ0) is 14.8. The maximum absolute atomic E-state index is 5.77. The van der Waals surface area contributed by atoms with Gasteiger partial charge in [0.2, 0.25) is 0 Å². The molecule has 2 heterocycles. The van der Waals surface area contributed by atoms with Gasteiger partial charge in [0.15, 0.2) is 5.76 Å². The molecule has 0 radical (unpaired) electrons. The van der Waals surface area contributed by atoms with E-state index in [0.717, 1.165) is 26.1 Å². The molecule has 6 heteroatoms. The molecule has 0 N–H and O–H groups in total. The predicted octanol–water partition coefficient (Wildman–Crippen LogP) is 5.35. The van der Waals surface area contributed by atoms with Crippen LogP contribution in [0.25, 0.3) is 11.7 Å². The smallest absolute Gasteiger partial charge is 0.263 e. The molecule has 0 saturated carbocycles. The van der Waals surface area contributed by atoms with Gasteiger partial charge in [0.1, 0.15) is 23.8 Å². The Hall–Kier alpha value is -1.53. The van der Waals surface area contributed by atoms with Crippen molar-refractivity contribution in [3.63, 3.8) is 0 Å². The van der Waals surface area contributed by atoms with Crippen LogP contribution in [0.15, 0.2) is 54.4 Å². The third kappa shape index (κ3) is 3.22. The van der Waals surface area contributed by atoms with E-state index >= 15 is 0 Å². The molecule has 3 aromatic rings. The topological polar surface area (TPSA) is 48.4 Å². The Labute approximate surface area is 138 Å². The minimum atomic E-state index is 0.330. The van der Waals surface area contributed by atoms with Gasteiger partial charge < -0.3 is 13.6 Å². The maximum atomic E-state index is 5.77. The van der Waals surface area contributed by atoms with E-state index in [1.165, 1.54) is 0 Å². The van der Waals surface area contributed by atoms with Gasteiger partial charge in [0.25, 0.3) is 5.89 Å². The summed E-state index contributed by atoms with van der Waals surface area (Å²) in [5.41, 5.74) is 0.746. The van der Waals surface area contributed by atoms with E-state index in [2.05, 4.69) is 36.8 Å². The van der Waals surface area contributed by atoms with E-state index in [0.29, 0.717) is 18.3 Å². The summed E-state index contributed by atoms with van der Waals surface area (Å²) in [6.07, 6.45) is 1.59. The summed E-state index contributed by atoms with van der Waals surface area (Å²) in [5, 5.41) is 0. The van der Waals surface area contributed by atoms with Crippen molar-refractivity contribution in [2.24, 2.45) is 0 Å². The first-order chi connectivity index (χ1) is 10.1. The van der Waals surface area contributed by atoms with E-state index in [9.17, 15) is 0 Å². The van der Waals surface area contributed by atoms with Crippen molar-refractivity contribution in [3.05, 3.63) is 57.0 Å². The lowest BCUT2D eigenvalue weighted by Gasteiger charge is -2.06. The Morgan fingerprint density at radius 1 is 1.24 bits per heavy atom. The SMILES string of the molecule is Cc1oc(-c2ccco2)nc1COc1ccc(Br)cc1Br. The number of rotatable bonds is 4. The van der Waals surface area contributed by atoms with Crippen molar-refractivity contribution in [1.82, 2.24) is 4.98 Å². The zero-order valence-electron chi connectivity index (χ0n) is 11.1. The summed E-state index contributed by atoms with van der Waals surface area (Å²) < 4.78 is 18.5. The standard InChI is InChI=1S/C15H11Br2NO3/c1-9-12(18-15(21-9)14-3-2-6-19-14)8-20-13-5-4-10(16)7-11(13)17/h2-7H,8H2,1H3. The number of halogens is 2. The molecule has 0 bridgehead atoms. The monoisotopic (exact) mass is 411 g/mol. The lowest BCUT2D eigenvalue weighted by Crippen LogP contribution is -1.98. The van der Waals surface area contributed by atoms with Crippen LogP contribution in [0.1, 0.15) is 11.5 Å². The highest BCUT2D eigenvalue weighted by atomic mass is 79.9. The minimum Gasteiger partial charge on any atom is -0.486 e. The summed E-state index contributed by atoms with van der Waals surface area (Å²) in [4.78, 5) is 4.40. The van der Waals surface area contributed by atoms with Gasteiger partial charge in [0.05, 0.1) is 10.7 Å². The van der Waals surface area contributed by atoms with Crippen molar-refractivity contribution in [2.45, 2.75) is 13.5 Å². The zero-order valence-corrected chi connectivity index (χ0v) is 14.3. The fourth-order valence-electron chi connectivity index (χ4n) is 1.81.